The fourth-order valence-electron chi connectivity index (χ4n) is 2.08. The first kappa shape index (κ1) is 15.0. The SMILES string of the molecule is CC(C)CN(C)c1c(F)cccc1CNC(C)C. The third kappa shape index (κ3) is 4.30. The summed E-state index contributed by atoms with van der Waals surface area (Å²) in [6.07, 6.45) is 0. The average Bonchev–Trinajstić information content (AvgIpc) is 2.24. The van der Waals surface area contributed by atoms with E-state index in [1.807, 2.05) is 18.0 Å². The Bertz CT molecular complexity index is 375. The van der Waals surface area contributed by atoms with E-state index < -0.39 is 0 Å². The predicted molar refractivity (Wildman–Crippen MR) is 76.5 cm³/mol. The molecular weight excluding hydrogens is 227 g/mol. The quantitative estimate of drug-likeness (QED) is 0.834. The van der Waals surface area contributed by atoms with Gasteiger partial charge in [0.1, 0.15) is 5.82 Å². The molecule has 0 aromatic heterocycles. The molecule has 0 aliphatic heterocycles. The summed E-state index contributed by atoms with van der Waals surface area (Å²) in [5.41, 5.74) is 1.74. The molecule has 0 fully saturated rings. The molecule has 2 nitrogen and oxygen atoms in total. The van der Waals surface area contributed by atoms with Crippen LogP contribution in [0, 0.1) is 11.7 Å². The summed E-state index contributed by atoms with van der Waals surface area (Å²) in [5, 5.41) is 3.34. The van der Waals surface area contributed by atoms with Gasteiger partial charge in [0.2, 0.25) is 0 Å². The van der Waals surface area contributed by atoms with Crippen molar-refractivity contribution in [2.45, 2.75) is 40.3 Å². The van der Waals surface area contributed by atoms with Gasteiger partial charge < -0.3 is 10.2 Å². The Morgan fingerprint density at radius 2 is 1.89 bits per heavy atom. The number of hydrogen-bond acceptors (Lipinski definition) is 2. The number of benzene rings is 1. The van der Waals surface area contributed by atoms with Crippen LogP contribution >= 0.6 is 0 Å². The fraction of sp³-hybridized carbons (Fsp3) is 0.600. The van der Waals surface area contributed by atoms with Gasteiger partial charge in [0.05, 0.1) is 5.69 Å². The van der Waals surface area contributed by atoms with E-state index in [4.69, 9.17) is 0 Å². The van der Waals surface area contributed by atoms with Crippen LogP contribution in [0.3, 0.4) is 0 Å². The Morgan fingerprint density at radius 1 is 1.22 bits per heavy atom. The molecule has 0 heterocycles. The zero-order valence-corrected chi connectivity index (χ0v) is 12.1. The summed E-state index contributed by atoms with van der Waals surface area (Å²) >= 11 is 0. The van der Waals surface area contributed by atoms with Crippen molar-refractivity contribution in [1.29, 1.82) is 0 Å². The second-order valence-electron chi connectivity index (χ2n) is 5.56. The third-order valence-electron chi connectivity index (χ3n) is 2.79. The molecule has 1 N–H and O–H groups in total. The Morgan fingerprint density at radius 3 is 2.44 bits per heavy atom. The second kappa shape index (κ2) is 6.74. The lowest BCUT2D eigenvalue weighted by Crippen LogP contribution is -2.27. The number of rotatable bonds is 6. The maximum atomic E-state index is 14.0. The molecule has 0 amide bonds. The molecule has 1 aromatic rings. The zero-order chi connectivity index (χ0) is 13.7. The predicted octanol–water partition coefficient (Wildman–Crippen LogP) is 3.42. The van der Waals surface area contributed by atoms with Gasteiger partial charge in [0.15, 0.2) is 0 Å². The number of nitrogens with one attached hydrogen (secondary N) is 1. The Balaban J connectivity index is 2.92. The smallest absolute Gasteiger partial charge is 0.146 e. The topological polar surface area (TPSA) is 15.3 Å². The minimum atomic E-state index is -0.138. The Kier molecular flexibility index (Phi) is 5.60. The average molecular weight is 252 g/mol. The number of para-hydroxylation sites is 1. The minimum Gasteiger partial charge on any atom is -0.372 e. The third-order valence-corrected chi connectivity index (χ3v) is 2.79. The summed E-state index contributed by atoms with van der Waals surface area (Å²) in [4.78, 5) is 2.01. The second-order valence-corrected chi connectivity index (χ2v) is 5.56. The standard InChI is InChI=1S/C15H25FN2/c1-11(2)10-18(5)15-13(9-17-12(3)4)7-6-8-14(15)16/h6-8,11-12,17H,9-10H2,1-5H3. The van der Waals surface area contributed by atoms with E-state index in [-0.39, 0.29) is 5.82 Å². The molecular formula is C15H25FN2. The van der Waals surface area contributed by atoms with E-state index in [0.717, 1.165) is 17.8 Å². The number of nitrogens with zero attached hydrogens (tertiary/aromatic N) is 1. The van der Waals surface area contributed by atoms with Crippen LogP contribution in [0.1, 0.15) is 33.3 Å². The molecule has 0 bridgehead atoms. The minimum absolute atomic E-state index is 0.138. The summed E-state index contributed by atoms with van der Waals surface area (Å²) in [7, 11) is 1.96. The van der Waals surface area contributed by atoms with Crippen molar-refractivity contribution in [3.63, 3.8) is 0 Å². The van der Waals surface area contributed by atoms with Gasteiger partial charge in [-0.3, -0.25) is 0 Å². The molecule has 0 spiro atoms. The molecule has 0 aliphatic rings. The number of anilines is 1. The highest BCUT2D eigenvalue weighted by atomic mass is 19.1. The van der Waals surface area contributed by atoms with Crippen molar-refractivity contribution in [1.82, 2.24) is 5.32 Å². The molecule has 0 saturated carbocycles. The van der Waals surface area contributed by atoms with Gasteiger partial charge in [-0.25, -0.2) is 4.39 Å². The van der Waals surface area contributed by atoms with E-state index in [1.165, 1.54) is 6.07 Å². The van der Waals surface area contributed by atoms with E-state index >= 15 is 0 Å². The largest absolute Gasteiger partial charge is 0.372 e. The maximum absolute atomic E-state index is 14.0. The molecule has 18 heavy (non-hydrogen) atoms. The van der Waals surface area contributed by atoms with Crippen molar-refractivity contribution in [2.75, 3.05) is 18.5 Å². The van der Waals surface area contributed by atoms with Crippen LogP contribution in [-0.4, -0.2) is 19.6 Å². The van der Waals surface area contributed by atoms with Crippen molar-refractivity contribution < 1.29 is 4.39 Å². The highest BCUT2D eigenvalue weighted by molar-refractivity contribution is 5.54. The van der Waals surface area contributed by atoms with Crippen molar-refractivity contribution in [3.05, 3.63) is 29.6 Å². The fourth-order valence-corrected chi connectivity index (χ4v) is 2.08. The van der Waals surface area contributed by atoms with Gasteiger partial charge in [-0.2, -0.15) is 0 Å². The molecule has 1 aromatic carbocycles. The van der Waals surface area contributed by atoms with Gasteiger partial charge in [0.25, 0.3) is 0 Å². The molecule has 102 valence electrons. The first-order valence-corrected chi connectivity index (χ1v) is 6.63. The monoisotopic (exact) mass is 252 g/mol. The van der Waals surface area contributed by atoms with Crippen LogP contribution < -0.4 is 10.2 Å². The Hall–Kier alpha value is -1.09. The number of hydrogen-bond donors (Lipinski definition) is 1. The van der Waals surface area contributed by atoms with Crippen LogP contribution in [0.4, 0.5) is 10.1 Å². The van der Waals surface area contributed by atoms with Crippen molar-refractivity contribution >= 4 is 5.69 Å². The maximum Gasteiger partial charge on any atom is 0.146 e. The molecule has 0 unspecified atom stereocenters. The van der Waals surface area contributed by atoms with Gasteiger partial charge >= 0.3 is 0 Å². The molecule has 1 rings (SSSR count). The highest BCUT2D eigenvalue weighted by Crippen LogP contribution is 2.24. The summed E-state index contributed by atoms with van der Waals surface area (Å²) < 4.78 is 14.0. The van der Waals surface area contributed by atoms with Gasteiger partial charge in [-0.15, -0.1) is 0 Å². The molecule has 0 radical (unpaired) electrons. The van der Waals surface area contributed by atoms with E-state index in [1.54, 1.807) is 6.07 Å². The van der Waals surface area contributed by atoms with E-state index in [2.05, 4.69) is 33.0 Å². The molecule has 0 aliphatic carbocycles. The summed E-state index contributed by atoms with van der Waals surface area (Å²) in [6, 6.07) is 5.70. The zero-order valence-electron chi connectivity index (χ0n) is 12.1. The first-order chi connectivity index (χ1) is 8.41. The van der Waals surface area contributed by atoms with Gasteiger partial charge in [-0.05, 0) is 17.5 Å². The lowest BCUT2D eigenvalue weighted by atomic mass is 10.1. The van der Waals surface area contributed by atoms with Crippen LogP contribution in [0.15, 0.2) is 18.2 Å². The first-order valence-electron chi connectivity index (χ1n) is 6.63. The van der Waals surface area contributed by atoms with Crippen molar-refractivity contribution in [3.8, 4) is 0 Å². The molecule has 0 saturated heterocycles. The van der Waals surface area contributed by atoms with Gasteiger partial charge in [-0.1, -0.05) is 39.8 Å². The van der Waals surface area contributed by atoms with Crippen LogP contribution in [0.5, 0.6) is 0 Å². The van der Waals surface area contributed by atoms with Crippen LogP contribution in [0.25, 0.3) is 0 Å². The lowest BCUT2D eigenvalue weighted by molar-refractivity contribution is 0.572. The normalized spacial score (nSPS) is 11.3. The molecule has 0 atom stereocenters. The van der Waals surface area contributed by atoms with Crippen LogP contribution in [-0.2, 0) is 6.54 Å². The van der Waals surface area contributed by atoms with E-state index in [0.29, 0.717) is 18.5 Å². The number of halogens is 1. The summed E-state index contributed by atoms with van der Waals surface area (Å²) in [6.45, 7) is 10.0. The van der Waals surface area contributed by atoms with E-state index in [9.17, 15) is 4.39 Å². The highest BCUT2D eigenvalue weighted by Gasteiger charge is 2.13. The molecule has 3 heteroatoms. The Labute approximate surface area is 110 Å². The summed E-state index contributed by atoms with van der Waals surface area (Å²) in [5.74, 6) is 0.377. The van der Waals surface area contributed by atoms with Crippen LogP contribution in [0.2, 0.25) is 0 Å². The van der Waals surface area contributed by atoms with Crippen molar-refractivity contribution in [2.24, 2.45) is 5.92 Å². The van der Waals surface area contributed by atoms with Gasteiger partial charge in [0, 0.05) is 26.2 Å². The lowest BCUT2D eigenvalue weighted by Gasteiger charge is -2.25.